The molecule has 0 saturated carbocycles. The molecule has 0 aliphatic heterocycles. The lowest BCUT2D eigenvalue weighted by atomic mass is 10.3. The minimum Gasteiger partial charge on any atom is -0.482 e. The number of rotatable bonds is 5. The smallest absolute Gasteiger partial charge is 0.344 e. The van der Waals surface area contributed by atoms with Crippen molar-refractivity contribution in [1.82, 2.24) is 9.56 Å². The van der Waals surface area contributed by atoms with Crippen LogP contribution >= 0.6 is 0 Å². The molecule has 23 heavy (non-hydrogen) atoms. The SMILES string of the molecule is Cc1cc2nc(COC(=O)COc3ccccc3)cc(=O)n2o1. The zero-order valence-electron chi connectivity index (χ0n) is 12.4. The van der Waals surface area contributed by atoms with Crippen LogP contribution in [0.1, 0.15) is 11.5 Å². The maximum Gasteiger partial charge on any atom is 0.344 e. The van der Waals surface area contributed by atoms with E-state index in [0.29, 0.717) is 22.9 Å². The number of ether oxygens (including phenoxy) is 2. The molecule has 0 amide bonds. The van der Waals surface area contributed by atoms with Gasteiger partial charge in [-0.25, -0.2) is 9.78 Å². The number of aromatic nitrogens is 2. The topological polar surface area (TPSA) is 83.0 Å². The molecule has 0 spiro atoms. The van der Waals surface area contributed by atoms with E-state index in [-0.39, 0.29) is 18.8 Å². The fourth-order valence-corrected chi connectivity index (χ4v) is 2.00. The van der Waals surface area contributed by atoms with Gasteiger partial charge < -0.3 is 14.0 Å². The summed E-state index contributed by atoms with van der Waals surface area (Å²) in [6.07, 6.45) is 0. The molecule has 0 fully saturated rings. The van der Waals surface area contributed by atoms with Gasteiger partial charge in [-0.1, -0.05) is 18.2 Å². The van der Waals surface area contributed by atoms with Gasteiger partial charge in [-0.15, -0.1) is 4.57 Å². The minimum absolute atomic E-state index is 0.104. The summed E-state index contributed by atoms with van der Waals surface area (Å²) in [6, 6.07) is 11.8. The van der Waals surface area contributed by atoms with Crippen LogP contribution in [-0.2, 0) is 16.1 Å². The third-order valence-electron chi connectivity index (χ3n) is 3.01. The van der Waals surface area contributed by atoms with E-state index in [4.69, 9.17) is 14.0 Å². The molecule has 0 N–H and O–H groups in total. The summed E-state index contributed by atoms with van der Waals surface area (Å²) < 4.78 is 16.6. The molecule has 0 bridgehead atoms. The molecule has 0 saturated heterocycles. The van der Waals surface area contributed by atoms with Crippen molar-refractivity contribution in [2.75, 3.05) is 6.61 Å². The van der Waals surface area contributed by atoms with Crippen LogP contribution in [0.4, 0.5) is 0 Å². The Hall–Kier alpha value is -3.09. The molecule has 1 aromatic carbocycles. The van der Waals surface area contributed by atoms with Gasteiger partial charge in [-0.05, 0) is 19.1 Å². The number of aryl methyl sites for hydroxylation is 1. The average Bonchev–Trinajstić information content (AvgIpc) is 2.93. The molecule has 0 atom stereocenters. The summed E-state index contributed by atoms with van der Waals surface area (Å²) in [4.78, 5) is 27.7. The summed E-state index contributed by atoms with van der Waals surface area (Å²) in [5, 5.41) is 0. The Labute approximate surface area is 131 Å². The fourth-order valence-electron chi connectivity index (χ4n) is 2.00. The second-order valence-electron chi connectivity index (χ2n) is 4.85. The van der Waals surface area contributed by atoms with Crippen molar-refractivity contribution in [2.45, 2.75) is 13.5 Å². The zero-order valence-corrected chi connectivity index (χ0v) is 12.4. The van der Waals surface area contributed by atoms with Gasteiger partial charge in [0.15, 0.2) is 12.3 Å². The number of esters is 1. The van der Waals surface area contributed by atoms with E-state index >= 15 is 0 Å². The quantitative estimate of drug-likeness (QED) is 0.667. The Morgan fingerprint density at radius 3 is 2.83 bits per heavy atom. The van der Waals surface area contributed by atoms with E-state index in [1.54, 1.807) is 37.3 Å². The molecule has 0 aliphatic rings. The summed E-state index contributed by atoms with van der Waals surface area (Å²) in [5.41, 5.74) is 0.361. The van der Waals surface area contributed by atoms with Gasteiger partial charge in [0, 0.05) is 12.1 Å². The molecule has 2 heterocycles. The molecular formula is C16H14N2O5. The largest absolute Gasteiger partial charge is 0.482 e. The number of carbonyl (C=O) groups is 1. The molecular weight excluding hydrogens is 300 g/mol. The fraction of sp³-hybridized carbons (Fsp3) is 0.188. The Morgan fingerprint density at radius 1 is 1.26 bits per heavy atom. The van der Waals surface area contributed by atoms with Gasteiger partial charge in [0.2, 0.25) is 0 Å². The van der Waals surface area contributed by atoms with Gasteiger partial charge >= 0.3 is 5.97 Å². The van der Waals surface area contributed by atoms with Crippen LogP contribution in [0.5, 0.6) is 5.75 Å². The van der Waals surface area contributed by atoms with Crippen LogP contribution in [0.15, 0.2) is 51.8 Å². The number of carbonyl (C=O) groups excluding carboxylic acids is 1. The van der Waals surface area contributed by atoms with Crippen molar-refractivity contribution in [1.29, 1.82) is 0 Å². The summed E-state index contributed by atoms with van der Waals surface area (Å²) in [7, 11) is 0. The van der Waals surface area contributed by atoms with E-state index in [2.05, 4.69) is 4.98 Å². The maximum absolute atomic E-state index is 11.8. The number of hydrogen-bond donors (Lipinski definition) is 0. The predicted molar refractivity (Wildman–Crippen MR) is 80.2 cm³/mol. The highest BCUT2D eigenvalue weighted by molar-refractivity contribution is 5.71. The molecule has 118 valence electrons. The van der Waals surface area contributed by atoms with E-state index in [9.17, 15) is 9.59 Å². The highest BCUT2D eigenvalue weighted by Gasteiger charge is 2.09. The van der Waals surface area contributed by atoms with Crippen LogP contribution in [0.3, 0.4) is 0 Å². The Balaban J connectivity index is 1.59. The summed E-state index contributed by atoms with van der Waals surface area (Å²) in [5.74, 6) is 0.607. The first kappa shape index (κ1) is 14.8. The van der Waals surface area contributed by atoms with Crippen molar-refractivity contribution in [2.24, 2.45) is 0 Å². The standard InChI is InChI=1S/C16H14N2O5/c1-11-7-14-17-12(8-15(19)18(14)23-11)9-22-16(20)10-21-13-5-3-2-4-6-13/h2-8H,9-10H2,1H3. The lowest BCUT2D eigenvalue weighted by Crippen LogP contribution is -2.17. The first-order chi connectivity index (χ1) is 11.1. The highest BCUT2D eigenvalue weighted by Crippen LogP contribution is 2.08. The van der Waals surface area contributed by atoms with Crippen molar-refractivity contribution in [3.05, 3.63) is 64.3 Å². The van der Waals surface area contributed by atoms with Gasteiger partial charge in [0.05, 0.1) is 5.69 Å². The zero-order chi connectivity index (χ0) is 16.2. The number of hydrogen-bond acceptors (Lipinski definition) is 6. The lowest BCUT2D eigenvalue weighted by Gasteiger charge is -2.06. The Bertz CT molecular complexity index is 882. The van der Waals surface area contributed by atoms with E-state index in [1.165, 1.54) is 6.07 Å². The lowest BCUT2D eigenvalue weighted by molar-refractivity contribution is -0.147. The van der Waals surface area contributed by atoms with Crippen molar-refractivity contribution >= 4 is 11.6 Å². The van der Waals surface area contributed by atoms with E-state index in [0.717, 1.165) is 4.57 Å². The van der Waals surface area contributed by atoms with Crippen molar-refractivity contribution in [3.63, 3.8) is 0 Å². The van der Waals surface area contributed by atoms with E-state index in [1.807, 2.05) is 6.07 Å². The van der Waals surface area contributed by atoms with Gasteiger partial charge in [0.25, 0.3) is 5.56 Å². The van der Waals surface area contributed by atoms with Gasteiger partial charge in [0.1, 0.15) is 18.1 Å². The third kappa shape index (κ3) is 3.57. The average molecular weight is 314 g/mol. The summed E-state index contributed by atoms with van der Waals surface area (Å²) in [6.45, 7) is 1.40. The predicted octanol–water partition coefficient (Wildman–Crippen LogP) is 1.72. The number of nitrogens with zero attached hydrogens (tertiary/aromatic N) is 2. The van der Waals surface area contributed by atoms with Crippen LogP contribution in [0, 0.1) is 6.92 Å². The van der Waals surface area contributed by atoms with Crippen LogP contribution in [0.2, 0.25) is 0 Å². The number of benzene rings is 1. The van der Waals surface area contributed by atoms with Gasteiger partial charge in [-0.3, -0.25) is 4.79 Å². The third-order valence-corrected chi connectivity index (χ3v) is 3.01. The molecule has 3 rings (SSSR count). The van der Waals surface area contributed by atoms with Gasteiger partial charge in [-0.2, -0.15) is 0 Å². The molecule has 2 aromatic heterocycles. The molecule has 0 aliphatic carbocycles. The second-order valence-corrected chi connectivity index (χ2v) is 4.85. The normalized spacial score (nSPS) is 10.7. The number of fused-ring (bicyclic) bond motifs is 1. The maximum atomic E-state index is 11.8. The highest BCUT2D eigenvalue weighted by atomic mass is 16.6. The minimum atomic E-state index is -0.542. The first-order valence-electron chi connectivity index (χ1n) is 6.95. The molecule has 0 unspecified atom stereocenters. The first-order valence-corrected chi connectivity index (χ1v) is 6.95. The summed E-state index contributed by atoms with van der Waals surface area (Å²) >= 11 is 0. The Kier molecular flexibility index (Phi) is 4.09. The van der Waals surface area contributed by atoms with Crippen LogP contribution in [-0.4, -0.2) is 22.1 Å². The monoisotopic (exact) mass is 314 g/mol. The van der Waals surface area contributed by atoms with E-state index < -0.39 is 5.97 Å². The molecule has 3 aromatic rings. The van der Waals surface area contributed by atoms with Crippen molar-refractivity contribution in [3.8, 4) is 5.75 Å². The molecule has 7 heteroatoms. The molecule has 0 radical (unpaired) electrons. The Morgan fingerprint density at radius 2 is 2.04 bits per heavy atom. The van der Waals surface area contributed by atoms with Crippen LogP contribution in [0.25, 0.3) is 5.65 Å². The number of para-hydroxylation sites is 1. The second kappa shape index (κ2) is 6.35. The van der Waals surface area contributed by atoms with Crippen LogP contribution < -0.4 is 10.3 Å². The molecule has 7 nitrogen and oxygen atoms in total. The van der Waals surface area contributed by atoms with Crippen molar-refractivity contribution < 1.29 is 18.8 Å².